The summed E-state index contributed by atoms with van der Waals surface area (Å²) in [7, 11) is 1.32. The van der Waals surface area contributed by atoms with Gasteiger partial charge in [-0.05, 0) is 17.7 Å². The highest BCUT2D eigenvalue weighted by Gasteiger charge is 2.23. The number of rotatable bonds is 3. The van der Waals surface area contributed by atoms with Gasteiger partial charge in [0.1, 0.15) is 6.07 Å². The van der Waals surface area contributed by atoms with Crippen molar-refractivity contribution in [3.05, 3.63) is 29.1 Å². The summed E-state index contributed by atoms with van der Waals surface area (Å²) < 4.78 is 18.4. The lowest BCUT2D eigenvalue weighted by Crippen LogP contribution is -2.22. The minimum absolute atomic E-state index is 0.0556. The first kappa shape index (κ1) is 12.5. The molecule has 0 fully saturated rings. The molecule has 1 aromatic rings. The molecule has 0 heterocycles. The Morgan fingerprint density at radius 1 is 1.50 bits per heavy atom. The van der Waals surface area contributed by atoms with Crippen molar-refractivity contribution in [2.24, 2.45) is 0 Å². The van der Waals surface area contributed by atoms with Crippen LogP contribution in [0.3, 0.4) is 0 Å². The van der Waals surface area contributed by atoms with E-state index in [9.17, 15) is 9.50 Å². The monoisotopic (exact) mass is 223 g/mol. The number of methoxy groups -OCH3 is 1. The van der Waals surface area contributed by atoms with Crippen molar-refractivity contribution >= 4 is 0 Å². The average molecular weight is 223 g/mol. The smallest absolute Gasteiger partial charge is 0.172 e. The molecule has 0 saturated carbocycles. The van der Waals surface area contributed by atoms with E-state index in [-0.39, 0.29) is 17.9 Å². The lowest BCUT2D eigenvalue weighted by atomic mass is 9.84. The van der Waals surface area contributed by atoms with Crippen molar-refractivity contribution in [2.75, 3.05) is 13.7 Å². The van der Waals surface area contributed by atoms with Gasteiger partial charge in [0.05, 0.1) is 19.3 Å². The normalized spacial score (nSPS) is 11.0. The van der Waals surface area contributed by atoms with E-state index >= 15 is 0 Å². The second-order valence-corrected chi connectivity index (χ2v) is 4.19. The van der Waals surface area contributed by atoms with Gasteiger partial charge in [0.2, 0.25) is 0 Å². The Kier molecular flexibility index (Phi) is 3.51. The highest BCUT2D eigenvalue weighted by atomic mass is 19.1. The third-order valence-corrected chi connectivity index (χ3v) is 2.54. The SMILES string of the molecule is COc1c(F)cc(C(C)(C)CO)cc1C#N. The molecule has 3 nitrogen and oxygen atoms in total. The van der Waals surface area contributed by atoms with Crippen molar-refractivity contribution < 1.29 is 14.2 Å². The number of ether oxygens (including phenoxy) is 1. The van der Waals surface area contributed by atoms with Gasteiger partial charge >= 0.3 is 0 Å². The fraction of sp³-hybridized carbons (Fsp3) is 0.417. The topological polar surface area (TPSA) is 53.2 Å². The number of aliphatic hydroxyl groups is 1. The minimum atomic E-state index is -0.585. The molecule has 1 N–H and O–H groups in total. The molecular weight excluding hydrogens is 209 g/mol. The molecule has 86 valence electrons. The predicted molar refractivity (Wildman–Crippen MR) is 57.8 cm³/mol. The standard InChI is InChI=1S/C12H14FNO2/c1-12(2,7-15)9-4-8(6-14)11(16-3)10(13)5-9/h4-5,15H,7H2,1-3H3. The number of hydrogen-bond acceptors (Lipinski definition) is 3. The molecule has 0 aliphatic carbocycles. The van der Waals surface area contributed by atoms with Gasteiger partial charge in [-0.1, -0.05) is 13.8 Å². The molecule has 0 aromatic heterocycles. The molecule has 0 aliphatic rings. The van der Waals surface area contributed by atoms with Crippen molar-refractivity contribution in [1.29, 1.82) is 5.26 Å². The van der Waals surface area contributed by atoms with Crippen molar-refractivity contribution in [3.63, 3.8) is 0 Å². The van der Waals surface area contributed by atoms with Gasteiger partial charge in [0, 0.05) is 5.41 Å². The maximum absolute atomic E-state index is 13.6. The number of nitriles is 1. The summed E-state index contributed by atoms with van der Waals surface area (Å²) >= 11 is 0. The zero-order chi connectivity index (χ0) is 12.3. The lowest BCUT2D eigenvalue weighted by Gasteiger charge is -2.23. The predicted octanol–water partition coefficient (Wildman–Crippen LogP) is 1.98. The zero-order valence-electron chi connectivity index (χ0n) is 9.54. The van der Waals surface area contributed by atoms with Gasteiger partial charge < -0.3 is 9.84 Å². The van der Waals surface area contributed by atoms with Crippen LogP contribution in [0.4, 0.5) is 4.39 Å². The second kappa shape index (κ2) is 4.50. The lowest BCUT2D eigenvalue weighted by molar-refractivity contribution is 0.218. The summed E-state index contributed by atoms with van der Waals surface area (Å²) in [4.78, 5) is 0. The first-order chi connectivity index (χ1) is 7.46. The molecule has 0 spiro atoms. The number of hydrogen-bond donors (Lipinski definition) is 1. The van der Waals surface area contributed by atoms with Crippen LogP contribution in [-0.2, 0) is 5.41 Å². The van der Waals surface area contributed by atoms with Crippen molar-refractivity contribution in [1.82, 2.24) is 0 Å². The highest BCUT2D eigenvalue weighted by Crippen LogP contribution is 2.30. The Morgan fingerprint density at radius 3 is 2.56 bits per heavy atom. The first-order valence-corrected chi connectivity index (χ1v) is 4.85. The van der Waals surface area contributed by atoms with E-state index in [2.05, 4.69) is 0 Å². The number of benzene rings is 1. The van der Waals surface area contributed by atoms with E-state index in [0.717, 1.165) is 0 Å². The summed E-state index contributed by atoms with van der Waals surface area (Å²) in [6.07, 6.45) is 0. The molecule has 1 aromatic carbocycles. The Labute approximate surface area is 94.1 Å². The molecule has 0 aliphatic heterocycles. The summed E-state index contributed by atoms with van der Waals surface area (Å²) in [5.41, 5.74) is 0.127. The molecular formula is C12H14FNO2. The van der Waals surface area contributed by atoms with Crippen LogP contribution < -0.4 is 4.74 Å². The molecule has 0 atom stereocenters. The molecule has 0 saturated heterocycles. The third-order valence-electron chi connectivity index (χ3n) is 2.54. The van der Waals surface area contributed by atoms with Gasteiger partial charge in [-0.25, -0.2) is 4.39 Å². The number of halogens is 1. The molecule has 1 rings (SSSR count). The number of aliphatic hydroxyl groups excluding tert-OH is 1. The van der Waals surface area contributed by atoms with Gasteiger partial charge in [0.25, 0.3) is 0 Å². The molecule has 0 amide bonds. The van der Waals surface area contributed by atoms with Crippen LogP contribution in [0.1, 0.15) is 25.0 Å². The fourth-order valence-corrected chi connectivity index (χ4v) is 1.37. The quantitative estimate of drug-likeness (QED) is 0.852. The molecule has 4 heteroatoms. The minimum Gasteiger partial charge on any atom is -0.492 e. The highest BCUT2D eigenvalue weighted by molar-refractivity contribution is 5.48. The third kappa shape index (κ3) is 2.15. The van der Waals surface area contributed by atoms with E-state index in [0.29, 0.717) is 5.56 Å². The maximum Gasteiger partial charge on any atom is 0.172 e. The van der Waals surface area contributed by atoms with E-state index in [1.165, 1.54) is 19.2 Å². The van der Waals surface area contributed by atoms with Crippen LogP contribution in [0.25, 0.3) is 0 Å². The van der Waals surface area contributed by atoms with Crippen LogP contribution in [-0.4, -0.2) is 18.8 Å². The van der Waals surface area contributed by atoms with Gasteiger partial charge in [-0.2, -0.15) is 5.26 Å². The first-order valence-electron chi connectivity index (χ1n) is 4.85. The largest absolute Gasteiger partial charge is 0.492 e. The summed E-state index contributed by atoms with van der Waals surface area (Å²) in [5, 5.41) is 18.1. The van der Waals surface area contributed by atoms with Gasteiger partial charge in [-0.3, -0.25) is 0 Å². The Morgan fingerprint density at radius 2 is 2.12 bits per heavy atom. The Bertz CT molecular complexity index is 435. The summed E-state index contributed by atoms with van der Waals surface area (Å²) in [6.45, 7) is 3.43. The fourth-order valence-electron chi connectivity index (χ4n) is 1.37. The van der Waals surface area contributed by atoms with E-state index in [4.69, 9.17) is 10.00 Å². The van der Waals surface area contributed by atoms with Crippen LogP contribution in [0.2, 0.25) is 0 Å². The van der Waals surface area contributed by atoms with Crippen molar-refractivity contribution in [3.8, 4) is 11.8 Å². The summed E-state index contributed by atoms with van der Waals surface area (Å²) in [6, 6.07) is 4.70. The second-order valence-electron chi connectivity index (χ2n) is 4.19. The Balaban J connectivity index is 3.38. The van der Waals surface area contributed by atoms with E-state index < -0.39 is 11.2 Å². The average Bonchev–Trinajstić information content (AvgIpc) is 2.27. The van der Waals surface area contributed by atoms with E-state index in [1.54, 1.807) is 13.8 Å². The zero-order valence-corrected chi connectivity index (χ0v) is 9.54. The summed E-state index contributed by atoms with van der Waals surface area (Å²) in [5.74, 6) is -0.641. The Hall–Kier alpha value is -1.60. The molecule has 0 radical (unpaired) electrons. The number of nitrogens with zero attached hydrogens (tertiary/aromatic N) is 1. The van der Waals surface area contributed by atoms with Crippen molar-refractivity contribution in [2.45, 2.75) is 19.3 Å². The molecule has 0 bridgehead atoms. The van der Waals surface area contributed by atoms with Crippen LogP contribution in [0, 0.1) is 17.1 Å². The molecule has 0 unspecified atom stereocenters. The maximum atomic E-state index is 13.6. The molecule has 16 heavy (non-hydrogen) atoms. The van der Waals surface area contributed by atoms with E-state index in [1.807, 2.05) is 6.07 Å². The van der Waals surface area contributed by atoms with Crippen LogP contribution >= 0.6 is 0 Å². The van der Waals surface area contributed by atoms with Gasteiger partial charge in [-0.15, -0.1) is 0 Å². The van der Waals surface area contributed by atoms with Gasteiger partial charge in [0.15, 0.2) is 11.6 Å². The van der Waals surface area contributed by atoms with Crippen LogP contribution in [0.15, 0.2) is 12.1 Å². The van der Waals surface area contributed by atoms with Crippen LogP contribution in [0.5, 0.6) is 5.75 Å².